The second kappa shape index (κ2) is 5.27. The van der Waals surface area contributed by atoms with Crippen molar-refractivity contribution >= 4 is 6.29 Å². The molecule has 0 saturated heterocycles. The Morgan fingerprint density at radius 1 is 1.21 bits per heavy atom. The highest BCUT2D eigenvalue weighted by Gasteiger charge is 1.97. The summed E-state index contributed by atoms with van der Waals surface area (Å²) in [4.78, 5) is 10.0. The van der Waals surface area contributed by atoms with E-state index in [1.165, 1.54) is 0 Å². The van der Waals surface area contributed by atoms with Gasteiger partial charge >= 0.3 is 0 Å². The van der Waals surface area contributed by atoms with E-state index in [1.54, 1.807) is 12.1 Å². The number of hydrogen-bond acceptors (Lipinski definition) is 3. The molecule has 0 spiro atoms. The molecule has 1 aromatic carbocycles. The summed E-state index contributed by atoms with van der Waals surface area (Å²) in [7, 11) is 0. The van der Waals surface area contributed by atoms with Crippen molar-refractivity contribution in [2.24, 2.45) is 0 Å². The first-order valence-electron chi connectivity index (χ1n) is 4.55. The second-order valence-corrected chi connectivity index (χ2v) is 3.12. The smallest absolute Gasteiger partial charge is 0.157 e. The van der Waals surface area contributed by atoms with Gasteiger partial charge in [0, 0.05) is 0 Å². The lowest BCUT2D eigenvalue weighted by Crippen LogP contribution is -2.05. The number of carbonyl (C=O) groups is 1. The summed E-state index contributed by atoms with van der Waals surface area (Å²) in [5, 5.41) is 0. The highest BCUT2D eigenvalue weighted by molar-refractivity contribution is 5.51. The number of hydrogen-bond donors (Lipinski definition) is 0. The van der Waals surface area contributed by atoms with E-state index >= 15 is 0 Å². The SMILES string of the molecule is CC(C)Oc1ccc(OCC=O)cc1. The van der Waals surface area contributed by atoms with Gasteiger partial charge < -0.3 is 9.47 Å². The van der Waals surface area contributed by atoms with E-state index in [9.17, 15) is 4.79 Å². The summed E-state index contributed by atoms with van der Waals surface area (Å²) in [5.41, 5.74) is 0. The molecule has 14 heavy (non-hydrogen) atoms. The molecule has 76 valence electrons. The van der Waals surface area contributed by atoms with Crippen molar-refractivity contribution in [1.29, 1.82) is 0 Å². The molecule has 0 saturated carbocycles. The van der Waals surface area contributed by atoms with Gasteiger partial charge in [-0.25, -0.2) is 0 Å². The Morgan fingerprint density at radius 2 is 1.79 bits per heavy atom. The van der Waals surface area contributed by atoms with Crippen LogP contribution in [0.15, 0.2) is 24.3 Å². The van der Waals surface area contributed by atoms with Gasteiger partial charge in [0.15, 0.2) is 6.29 Å². The molecule has 0 fully saturated rings. The van der Waals surface area contributed by atoms with Crippen LogP contribution >= 0.6 is 0 Å². The fourth-order valence-electron chi connectivity index (χ4n) is 1.02. The van der Waals surface area contributed by atoms with E-state index in [1.807, 2.05) is 26.0 Å². The Hall–Kier alpha value is -1.51. The van der Waals surface area contributed by atoms with Gasteiger partial charge in [0.1, 0.15) is 18.1 Å². The zero-order valence-electron chi connectivity index (χ0n) is 8.40. The number of rotatable bonds is 5. The molecule has 3 heteroatoms. The Labute approximate surface area is 83.6 Å². The van der Waals surface area contributed by atoms with Crippen LogP contribution in [0, 0.1) is 0 Å². The molecule has 1 aromatic rings. The third-order valence-corrected chi connectivity index (χ3v) is 1.51. The fraction of sp³-hybridized carbons (Fsp3) is 0.364. The molecule has 0 heterocycles. The number of aldehydes is 1. The van der Waals surface area contributed by atoms with E-state index in [4.69, 9.17) is 9.47 Å². The number of benzene rings is 1. The van der Waals surface area contributed by atoms with Crippen molar-refractivity contribution in [2.75, 3.05) is 6.61 Å². The third kappa shape index (κ3) is 3.47. The lowest BCUT2D eigenvalue weighted by atomic mass is 10.3. The Morgan fingerprint density at radius 3 is 2.29 bits per heavy atom. The fourth-order valence-corrected chi connectivity index (χ4v) is 1.02. The summed E-state index contributed by atoms with van der Waals surface area (Å²) in [6, 6.07) is 7.20. The topological polar surface area (TPSA) is 35.5 Å². The maximum atomic E-state index is 10.0. The number of carbonyl (C=O) groups excluding carboxylic acids is 1. The monoisotopic (exact) mass is 194 g/mol. The van der Waals surface area contributed by atoms with Gasteiger partial charge in [-0.15, -0.1) is 0 Å². The van der Waals surface area contributed by atoms with E-state index in [0.717, 1.165) is 12.0 Å². The molecule has 0 amide bonds. The summed E-state index contributed by atoms with van der Waals surface area (Å²) < 4.78 is 10.5. The van der Waals surface area contributed by atoms with Crippen molar-refractivity contribution in [3.63, 3.8) is 0 Å². The predicted octanol–water partition coefficient (Wildman–Crippen LogP) is 2.05. The largest absolute Gasteiger partial charge is 0.491 e. The molecule has 0 aromatic heterocycles. The molecule has 0 aliphatic heterocycles. The molecular weight excluding hydrogens is 180 g/mol. The maximum Gasteiger partial charge on any atom is 0.157 e. The quantitative estimate of drug-likeness (QED) is 0.673. The highest BCUT2D eigenvalue weighted by atomic mass is 16.5. The van der Waals surface area contributed by atoms with Gasteiger partial charge in [-0.2, -0.15) is 0 Å². The van der Waals surface area contributed by atoms with Gasteiger partial charge in [-0.05, 0) is 38.1 Å². The molecule has 0 aliphatic rings. The summed E-state index contributed by atoms with van der Waals surface area (Å²) in [6.45, 7) is 4.03. The Bertz CT molecular complexity index is 277. The first-order chi connectivity index (χ1) is 6.72. The van der Waals surface area contributed by atoms with Crippen molar-refractivity contribution in [3.8, 4) is 11.5 Å². The molecule has 1 rings (SSSR count). The predicted molar refractivity (Wildman–Crippen MR) is 53.8 cm³/mol. The molecule has 0 unspecified atom stereocenters. The Balaban J connectivity index is 2.54. The molecular formula is C11H14O3. The number of ether oxygens (including phenoxy) is 2. The lowest BCUT2D eigenvalue weighted by molar-refractivity contribution is -0.109. The van der Waals surface area contributed by atoms with Crippen LogP contribution in [0.1, 0.15) is 13.8 Å². The van der Waals surface area contributed by atoms with Crippen LogP contribution in [-0.2, 0) is 4.79 Å². The molecule has 0 atom stereocenters. The second-order valence-electron chi connectivity index (χ2n) is 3.12. The van der Waals surface area contributed by atoms with Gasteiger partial charge in [0.2, 0.25) is 0 Å². The Kier molecular flexibility index (Phi) is 3.98. The minimum absolute atomic E-state index is 0.0877. The molecule has 3 nitrogen and oxygen atoms in total. The maximum absolute atomic E-state index is 10.0. The van der Waals surface area contributed by atoms with Crippen LogP contribution in [0.2, 0.25) is 0 Å². The molecule has 0 radical (unpaired) electrons. The third-order valence-electron chi connectivity index (χ3n) is 1.51. The zero-order valence-corrected chi connectivity index (χ0v) is 8.40. The minimum Gasteiger partial charge on any atom is -0.491 e. The standard InChI is InChI=1S/C11H14O3/c1-9(2)14-11-5-3-10(4-6-11)13-8-7-12/h3-7,9H,8H2,1-2H3. The van der Waals surface area contributed by atoms with Gasteiger partial charge in [-0.1, -0.05) is 0 Å². The van der Waals surface area contributed by atoms with Crippen molar-refractivity contribution in [1.82, 2.24) is 0 Å². The minimum atomic E-state index is 0.0877. The normalized spacial score (nSPS) is 9.93. The van der Waals surface area contributed by atoms with Crippen molar-refractivity contribution in [2.45, 2.75) is 20.0 Å². The van der Waals surface area contributed by atoms with Crippen LogP contribution in [-0.4, -0.2) is 19.0 Å². The first kappa shape index (κ1) is 10.6. The van der Waals surface area contributed by atoms with Crippen LogP contribution in [0.5, 0.6) is 11.5 Å². The summed E-state index contributed by atoms with van der Waals surface area (Å²) >= 11 is 0. The van der Waals surface area contributed by atoms with Gasteiger partial charge in [0.05, 0.1) is 6.10 Å². The van der Waals surface area contributed by atoms with Crippen LogP contribution in [0.4, 0.5) is 0 Å². The van der Waals surface area contributed by atoms with E-state index in [2.05, 4.69) is 0 Å². The van der Waals surface area contributed by atoms with E-state index < -0.39 is 0 Å². The van der Waals surface area contributed by atoms with E-state index in [-0.39, 0.29) is 12.7 Å². The van der Waals surface area contributed by atoms with Crippen molar-refractivity contribution in [3.05, 3.63) is 24.3 Å². The molecule has 0 N–H and O–H groups in total. The van der Waals surface area contributed by atoms with Crippen molar-refractivity contribution < 1.29 is 14.3 Å². The lowest BCUT2D eigenvalue weighted by Gasteiger charge is -2.09. The molecule has 0 aliphatic carbocycles. The molecule has 0 bridgehead atoms. The summed E-state index contributed by atoms with van der Waals surface area (Å²) in [5.74, 6) is 1.48. The average molecular weight is 194 g/mol. The van der Waals surface area contributed by atoms with E-state index in [0.29, 0.717) is 5.75 Å². The first-order valence-corrected chi connectivity index (χ1v) is 4.55. The van der Waals surface area contributed by atoms with Crippen LogP contribution < -0.4 is 9.47 Å². The van der Waals surface area contributed by atoms with Gasteiger partial charge in [-0.3, -0.25) is 4.79 Å². The summed E-state index contributed by atoms with van der Waals surface area (Å²) in [6.07, 6.45) is 0.884. The zero-order chi connectivity index (χ0) is 10.4. The van der Waals surface area contributed by atoms with Gasteiger partial charge in [0.25, 0.3) is 0 Å². The highest BCUT2D eigenvalue weighted by Crippen LogP contribution is 2.18. The van der Waals surface area contributed by atoms with Crippen LogP contribution in [0.3, 0.4) is 0 Å². The van der Waals surface area contributed by atoms with Crippen LogP contribution in [0.25, 0.3) is 0 Å². The average Bonchev–Trinajstić information content (AvgIpc) is 2.16.